The number of aromatic nitrogens is 3. The Morgan fingerprint density at radius 1 is 1.36 bits per heavy atom. The van der Waals surface area contributed by atoms with Crippen LogP contribution in [0.2, 0.25) is 0 Å². The number of hydrogen-bond donors (Lipinski definition) is 2. The van der Waals surface area contributed by atoms with Gasteiger partial charge in [0.1, 0.15) is 17.4 Å². The molecule has 5 heterocycles. The van der Waals surface area contributed by atoms with E-state index in [2.05, 4.69) is 59.4 Å². The second-order valence-corrected chi connectivity index (χ2v) is 9.72. The third-order valence-corrected chi connectivity index (χ3v) is 7.62. The van der Waals surface area contributed by atoms with Gasteiger partial charge < -0.3 is 14.5 Å². The number of rotatable bonds is 4. The van der Waals surface area contributed by atoms with Crippen molar-refractivity contribution in [2.45, 2.75) is 32.4 Å². The Morgan fingerprint density at radius 3 is 3.00 bits per heavy atom. The first-order valence-corrected chi connectivity index (χ1v) is 11.3. The fourth-order valence-electron chi connectivity index (χ4n) is 4.37. The minimum Gasteiger partial charge on any atom is -0.350 e. The van der Waals surface area contributed by atoms with Gasteiger partial charge in [-0.1, -0.05) is 0 Å². The third-order valence-electron chi connectivity index (χ3n) is 5.72. The van der Waals surface area contributed by atoms with Gasteiger partial charge in [0, 0.05) is 46.8 Å². The standard InChI is InChI=1S/C21H22N4OS2/c1-13-7-8-17(28-13)14-12-27-21-19(14)20(26)22-18(23-21)11-25-10-4-6-16(25)15-5-3-9-24(15)2/h3,5,7-9,12,16H,4,6,10-11H2,1-2H3,(H,22,23,26)/p+1/t16-/m0/s1. The average Bonchev–Trinajstić information content (AvgIpc) is 3.42. The molecular weight excluding hydrogens is 388 g/mol. The van der Waals surface area contributed by atoms with Crippen LogP contribution in [0.25, 0.3) is 20.7 Å². The van der Waals surface area contributed by atoms with Crippen molar-refractivity contribution in [2.24, 2.45) is 7.05 Å². The van der Waals surface area contributed by atoms with Crippen molar-refractivity contribution in [1.29, 1.82) is 0 Å². The van der Waals surface area contributed by atoms with Crippen LogP contribution in [-0.2, 0) is 13.6 Å². The van der Waals surface area contributed by atoms with E-state index in [0.717, 1.165) is 39.6 Å². The number of H-pyrrole nitrogens is 1. The Hall–Kier alpha value is -2.22. The van der Waals surface area contributed by atoms with Gasteiger partial charge in [0.05, 0.1) is 17.6 Å². The Bertz CT molecular complexity index is 1200. The summed E-state index contributed by atoms with van der Waals surface area (Å²) in [6.45, 7) is 3.96. The van der Waals surface area contributed by atoms with Crippen LogP contribution in [0.1, 0.15) is 35.3 Å². The van der Waals surface area contributed by atoms with E-state index in [1.165, 1.54) is 28.3 Å². The lowest BCUT2D eigenvalue weighted by Gasteiger charge is -2.21. The van der Waals surface area contributed by atoms with E-state index < -0.39 is 0 Å². The van der Waals surface area contributed by atoms with E-state index >= 15 is 0 Å². The van der Waals surface area contributed by atoms with Crippen molar-refractivity contribution in [2.75, 3.05) is 6.54 Å². The molecule has 5 rings (SSSR count). The number of fused-ring (bicyclic) bond motifs is 1. The Morgan fingerprint density at radius 2 is 2.25 bits per heavy atom. The Kier molecular flexibility index (Phi) is 4.45. The molecule has 7 heteroatoms. The second kappa shape index (κ2) is 6.99. The average molecular weight is 412 g/mol. The van der Waals surface area contributed by atoms with Gasteiger partial charge >= 0.3 is 0 Å². The summed E-state index contributed by atoms with van der Waals surface area (Å²) in [6.07, 6.45) is 4.50. The maximum Gasteiger partial charge on any atom is 0.260 e. The lowest BCUT2D eigenvalue weighted by atomic mass is 10.1. The van der Waals surface area contributed by atoms with E-state index in [1.54, 1.807) is 22.7 Å². The molecule has 0 radical (unpaired) electrons. The van der Waals surface area contributed by atoms with Crippen molar-refractivity contribution < 1.29 is 4.90 Å². The van der Waals surface area contributed by atoms with E-state index in [9.17, 15) is 4.79 Å². The lowest BCUT2D eigenvalue weighted by molar-refractivity contribution is -0.933. The van der Waals surface area contributed by atoms with Crippen LogP contribution in [0.15, 0.2) is 40.6 Å². The van der Waals surface area contributed by atoms with Crippen LogP contribution < -0.4 is 10.5 Å². The van der Waals surface area contributed by atoms with Crippen molar-refractivity contribution in [3.05, 3.63) is 62.6 Å². The zero-order valence-electron chi connectivity index (χ0n) is 16.0. The maximum atomic E-state index is 12.9. The van der Waals surface area contributed by atoms with Crippen molar-refractivity contribution >= 4 is 32.9 Å². The number of likely N-dealkylation sites (tertiary alicyclic amines) is 1. The summed E-state index contributed by atoms with van der Waals surface area (Å²) >= 11 is 3.29. The van der Waals surface area contributed by atoms with Crippen LogP contribution in [-0.4, -0.2) is 21.1 Å². The van der Waals surface area contributed by atoms with Gasteiger partial charge in [-0.3, -0.25) is 4.79 Å². The molecule has 5 nitrogen and oxygen atoms in total. The normalized spacial score (nSPS) is 19.6. The summed E-state index contributed by atoms with van der Waals surface area (Å²) in [5.74, 6) is 0.796. The summed E-state index contributed by atoms with van der Waals surface area (Å²) in [5.41, 5.74) is 2.35. The minimum absolute atomic E-state index is 0.0173. The molecule has 0 bridgehead atoms. The maximum absolute atomic E-state index is 12.9. The molecule has 2 atom stereocenters. The molecule has 0 spiro atoms. The largest absolute Gasteiger partial charge is 0.350 e. The van der Waals surface area contributed by atoms with E-state index in [0.29, 0.717) is 6.04 Å². The fourth-order valence-corrected chi connectivity index (χ4v) is 6.29. The zero-order chi connectivity index (χ0) is 19.3. The first-order chi connectivity index (χ1) is 13.6. The highest BCUT2D eigenvalue weighted by atomic mass is 32.1. The molecule has 0 saturated carbocycles. The minimum atomic E-state index is -0.0173. The van der Waals surface area contributed by atoms with Crippen molar-refractivity contribution in [3.8, 4) is 10.4 Å². The van der Waals surface area contributed by atoms with E-state index in [1.807, 2.05) is 0 Å². The van der Waals surface area contributed by atoms with Crippen molar-refractivity contribution in [1.82, 2.24) is 14.5 Å². The molecule has 0 aromatic carbocycles. The van der Waals surface area contributed by atoms with Gasteiger partial charge in [-0.2, -0.15) is 0 Å². The predicted molar refractivity (Wildman–Crippen MR) is 115 cm³/mol. The fraction of sp³-hybridized carbons (Fsp3) is 0.333. The molecule has 0 amide bonds. The van der Waals surface area contributed by atoms with Crippen LogP contribution >= 0.6 is 22.7 Å². The molecular formula is C21H23N4OS2+. The first kappa shape index (κ1) is 17.8. The molecule has 2 N–H and O–H groups in total. The number of thiophene rings is 2. The number of aryl methyl sites for hydroxylation is 2. The zero-order valence-corrected chi connectivity index (χ0v) is 17.6. The molecule has 4 aromatic rings. The number of nitrogens with one attached hydrogen (secondary N) is 2. The third kappa shape index (κ3) is 3.03. The van der Waals surface area contributed by atoms with Crippen LogP contribution in [0.5, 0.6) is 0 Å². The van der Waals surface area contributed by atoms with Gasteiger partial charge in [-0.15, -0.1) is 22.7 Å². The topological polar surface area (TPSA) is 55.1 Å². The number of quaternary nitrogens is 1. The lowest BCUT2D eigenvalue weighted by Crippen LogP contribution is -3.09. The predicted octanol–water partition coefficient (Wildman–Crippen LogP) is 3.28. The molecule has 1 saturated heterocycles. The second-order valence-electron chi connectivity index (χ2n) is 7.58. The molecule has 144 valence electrons. The van der Waals surface area contributed by atoms with Crippen molar-refractivity contribution in [3.63, 3.8) is 0 Å². The molecule has 1 unspecified atom stereocenters. The first-order valence-electron chi connectivity index (χ1n) is 9.63. The van der Waals surface area contributed by atoms with E-state index in [-0.39, 0.29) is 5.56 Å². The van der Waals surface area contributed by atoms with Gasteiger partial charge in [-0.05, 0) is 31.2 Å². The molecule has 1 aliphatic rings. The number of hydrogen-bond acceptors (Lipinski definition) is 4. The van der Waals surface area contributed by atoms with Crippen LogP contribution in [0.4, 0.5) is 0 Å². The molecule has 28 heavy (non-hydrogen) atoms. The number of aromatic amines is 1. The molecule has 0 aliphatic carbocycles. The summed E-state index contributed by atoms with van der Waals surface area (Å²) in [5, 5.41) is 2.79. The monoisotopic (exact) mass is 411 g/mol. The van der Waals surface area contributed by atoms with Crippen LogP contribution in [0.3, 0.4) is 0 Å². The molecule has 4 aromatic heterocycles. The molecule has 1 aliphatic heterocycles. The Balaban J connectivity index is 1.47. The van der Waals surface area contributed by atoms with Gasteiger partial charge in [-0.25, -0.2) is 4.98 Å². The van der Waals surface area contributed by atoms with Gasteiger partial charge in [0.15, 0.2) is 5.82 Å². The Labute approximate surface area is 171 Å². The summed E-state index contributed by atoms with van der Waals surface area (Å²) < 4.78 is 2.21. The van der Waals surface area contributed by atoms with Gasteiger partial charge in [0.2, 0.25) is 0 Å². The highest BCUT2D eigenvalue weighted by Gasteiger charge is 2.32. The quantitative estimate of drug-likeness (QED) is 0.541. The summed E-state index contributed by atoms with van der Waals surface area (Å²) in [6, 6.07) is 8.98. The summed E-state index contributed by atoms with van der Waals surface area (Å²) in [4.78, 5) is 25.5. The highest BCUT2D eigenvalue weighted by molar-refractivity contribution is 7.19. The molecule has 1 fully saturated rings. The summed E-state index contributed by atoms with van der Waals surface area (Å²) in [7, 11) is 2.11. The van der Waals surface area contributed by atoms with Crippen LogP contribution in [0, 0.1) is 6.92 Å². The van der Waals surface area contributed by atoms with E-state index in [4.69, 9.17) is 4.98 Å². The van der Waals surface area contributed by atoms with Gasteiger partial charge in [0.25, 0.3) is 5.56 Å². The smallest absolute Gasteiger partial charge is 0.260 e. The highest BCUT2D eigenvalue weighted by Crippen LogP contribution is 2.35. The number of nitrogens with zero attached hydrogens (tertiary/aromatic N) is 2. The SMILES string of the molecule is Cc1ccc(-c2csc3nc(C[NH+]4CCC[C@H]4c4cccn4C)[nH]c(=O)c23)s1.